The van der Waals surface area contributed by atoms with Crippen molar-refractivity contribution in [1.82, 2.24) is 15.1 Å². The van der Waals surface area contributed by atoms with Crippen LogP contribution in [0.4, 0.5) is 11.4 Å². The highest BCUT2D eigenvalue weighted by Gasteiger charge is 2.27. The van der Waals surface area contributed by atoms with E-state index in [4.69, 9.17) is 0 Å². The van der Waals surface area contributed by atoms with Crippen LogP contribution >= 0.6 is 0 Å². The van der Waals surface area contributed by atoms with E-state index in [1.54, 1.807) is 24.1 Å². The first-order chi connectivity index (χ1) is 12.5. The second-order valence-electron chi connectivity index (χ2n) is 6.65. The fraction of sp³-hybridized carbons (Fsp3) is 0.529. The molecule has 9 nitrogen and oxygen atoms in total. The smallest absolute Gasteiger partial charge is 0.293 e. The molecule has 0 spiro atoms. The molecule has 1 saturated heterocycles. The summed E-state index contributed by atoms with van der Waals surface area (Å²) in [5, 5.41) is 17.1. The Kier molecular flexibility index (Phi) is 5.36. The molecule has 9 heteroatoms. The standard InChI is InChI=1S/C17H23N5O4/c1-18-16(23)11-20-6-8-21(9-7-20)17(24)12-2-5-14(19-13-3-4-13)15(10-12)22(25)26/h2,5,10,13,19H,3-4,6-9,11H2,1H3,(H,18,23). The second-order valence-corrected chi connectivity index (χ2v) is 6.65. The highest BCUT2D eigenvalue weighted by Crippen LogP contribution is 2.31. The average Bonchev–Trinajstić information content (AvgIpc) is 3.46. The SMILES string of the molecule is CNC(=O)CN1CCN(C(=O)c2ccc(NC3CC3)c([N+](=O)[O-])c2)CC1. The van der Waals surface area contributed by atoms with Gasteiger partial charge in [-0.25, -0.2) is 0 Å². The Morgan fingerprint density at radius 3 is 2.50 bits per heavy atom. The van der Waals surface area contributed by atoms with E-state index in [9.17, 15) is 19.7 Å². The molecule has 2 amide bonds. The summed E-state index contributed by atoms with van der Waals surface area (Å²) in [6, 6.07) is 4.90. The summed E-state index contributed by atoms with van der Waals surface area (Å²) in [6.45, 7) is 2.49. The molecular weight excluding hydrogens is 338 g/mol. The van der Waals surface area contributed by atoms with E-state index < -0.39 is 4.92 Å². The van der Waals surface area contributed by atoms with Gasteiger partial charge in [-0.15, -0.1) is 0 Å². The molecule has 1 heterocycles. The molecule has 140 valence electrons. The third-order valence-corrected chi connectivity index (χ3v) is 4.68. The quantitative estimate of drug-likeness (QED) is 0.570. The number of amides is 2. The lowest BCUT2D eigenvalue weighted by Gasteiger charge is -2.34. The van der Waals surface area contributed by atoms with Crippen LogP contribution in [0.5, 0.6) is 0 Å². The van der Waals surface area contributed by atoms with Gasteiger partial charge in [-0.2, -0.15) is 0 Å². The average molecular weight is 361 g/mol. The molecule has 1 aliphatic carbocycles. The molecule has 2 N–H and O–H groups in total. The van der Waals surface area contributed by atoms with Crippen molar-refractivity contribution in [2.45, 2.75) is 18.9 Å². The number of likely N-dealkylation sites (N-methyl/N-ethyl adjacent to an activating group) is 1. The number of carbonyl (C=O) groups is 2. The summed E-state index contributed by atoms with van der Waals surface area (Å²) in [7, 11) is 1.59. The summed E-state index contributed by atoms with van der Waals surface area (Å²) in [4.78, 5) is 38.7. The molecule has 26 heavy (non-hydrogen) atoms. The van der Waals surface area contributed by atoms with Crippen molar-refractivity contribution in [1.29, 1.82) is 0 Å². The Morgan fingerprint density at radius 1 is 1.23 bits per heavy atom. The van der Waals surface area contributed by atoms with Gasteiger partial charge >= 0.3 is 0 Å². The zero-order valence-electron chi connectivity index (χ0n) is 14.7. The highest BCUT2D eigenvalue weighted by molar-refractivity contribution is 5.96. The topological polar surface area (TPSA) is 108 Å². The van der Waals surface area contributed by atoms with Gasteiger partial charge in [0.2, 0.25) is 5.91 Å². The van der Waals surface area contributed by atoms with E-state index in [1.165, 1.54) is 6.07 Å². The third-order valence-electron chi connectivity index (χ3n) is 4.68. The molecule has 0 radical (unpaired) electrons. The summed E-state index contributed by atoms with van der Waals surface area (Å²) >= 11 is 0. The van der Waals surface area contributed by atoms with E-state index in [1.807, 2.05) is 4.90 Å². The first-order valence-electron chi connectivity index (χ1n) is 8.75. The first kappa shape index (κ1) is 18.1. The summed E-state index contributed by atoms with van der Waals surface area (Å²) in [6.07, 6.45) is 2.02. The van der Waals surface area contributed by atoms with Crippen molar-refractivity contribution in [2.75, 3.05) is 45.1 Å². The molecule has 3 rings (SSSR count). The number of nitrogens with one attached hydrogen (secondary N) is 2. The monoisotopic (exact) mass is 361 g/mol. The molecule has 0 atom stereocenters. The molecule has 2 aliphatic rings. The van der Waals surface area contributed by atoms with Gasteiger partial charge in [-0.3, -0.25) is 24.6 Å². The first-order valence-corrected chi connectivity index (χ1v) is 8.75. The minimum atomic E-state index is -0.456. The Balaban J connectivity index is 1.65. The lowest BCUT2D eigenvalue weighted by molar-refractivity contribution is -0.384. The molecule has 0 aromatic heterocycles. The molecule has 1 saturated carbocycles. The van der Waals surface area contributed by atoms with E-state index in [0.29, 0.717) is 50.0 Å². The van der Waals surface area contributed by atoms with Crippen LogP contribution in [0.1, 0.15) is 23.2 Å². The maximum absolute atomic E-state index is 12.7. The fourth-order valence-corrected chi connectivity index (χ4v) is 2.96. The van der Waals surface area contributed by atoms with Crippen LogP contribution in [-0.2, 0) is 4.79 Å². The minimum absolute atomic E-state index is 0.0563. The van der Waals surface area contributed by atoms with Crippen molar-refractivity contribution in [3.8, 4) is 0 Å². The normalized spacial score (nSPS) is 17.7. The van der Waals surface area contributed by atoms with Crippen molar-refractivity contribution in [2.24, 2.45) is 0 Å². The number of rotatable bonds is 6. The Labute approximate surface area is 151 Å². The van der Waals surface area contributed by atoms with Crippen LogP contribution in [-0.4, -0.2) is 72.4 Å². The Hall–Kier alpha value is -2.68. The van der Waals surface area contributed by atoms with Crippen molar-refractivity contribution >= 4 is 23.2 Å². The van der Waals surface area contributed by atoms with Gasteiger partial charge in [0.25, 0.3) is 11.6 Å². The number of anilines is 1. The molecule has 2 fully saturated rings. The molecule has 1 aliphatic heterocycles. The van der Waals surface area contributed by atoms with Gasteiger partial charge < -0.3 is 15.5 Å². The van der Waals surface area contributed by atoms with Crippen LogP contribution in [0.3, 0.4) is 0 Å². The Morgan fingerprint density at radius 2 is 1.92 bits per heavy atom. The number of carbonyl (C=O) groups excluding carboxylic acids is 2. The van der Waals surface area contributed by atoms with Gasteiger partial charge in [0.15, 0.2) is 0 Å². The van der Waals surface area contributed by atoms with Crippen LogP contribution in [0.2, 0.25) is 0 Å². The summed E-state index contributed by atoms with van der Waals surface area (Å²) < 4.78 is 0. The second kappa shape index (κ2) is 7.69. The van der Waals surface area contributed by atoms with Crippen molar-refractivity contribution in [3.05, 3.63) is 33.9 Å². The van der Waals surface area contributed by atoms with Gasteiger partial charge in [-0.1, -0.05) is 0 Å². The van der Waals surface area contributed by atoms with Crippen molar-refractivity contribution in [3.63, 3.8) is 0 Å². The predicted molar refractivity (Wildman–Crippen MR) is 96.2 cm³/mol. The maximum Gasteiger partial charge on any atom is 0.293 e. The maximum atomic E-state index is 12.7. The summed E-state index contributed by atoms with van der Waals surface area (Å²) in [5.74, 6) is -0.273. The molecule has 0 unspecified atom stereocenters. The van der Waals surface area contributed by atoms with Gasteiger partial charge in [0.1, 0.15) is 5.69 Å². The van der Waals surface area contributed by atoms with Gasteiger partial charge in [0, 0.05) is 50.9 Å². The zero-order chi connectivity index (χ0) is 18.7. The third kappa shape index (κ3) is 4.29. The van der Waals surface area contributed by atoms with E-state index in [-0.39, 0.29) is 17.5 Å². The number of nitro benzene ring substituents is 1. The number of nitro groups is 1. The number of hydrogen-bond donors (Lipinski definition) is 2. The summed E-state index contributed by atoms with van der Waals surface area (Å²) in [5.41, 5.74) is 0.711. The molecule has 1 aromatic rings. The molecular formula is C17H23N5O4. The van der Waals surface area contributed by atoms with Gasteiger partial charge in [0.05, 0.1) is 11.5 Å². The number of piperazine rings is 1. The lowest BCUT2D eigenvalue weighted by Crippen LogP contribution is -2.50. The molecule has 1 aromatic carbocycles. The van der Waals surface area contributed by atoms with Crippen LogP contribution in [0.25, 0.3) is 0 Å². The van der Waals surface area contributed by atoms with Crippen LogP contribution in [0, 0.1) is 10.1 Å². The number of nitrogens with zero attached hydrogens (tertiary/aromatic N) is 3. The number of hydrogen-bond acceptors (Lipinski definition) is 6. The van der Waals surface area contributed by atoms with E-state index in [2.05, 4.69) is 10.6 Å². The predicted octanol–water partition coefficient (Wildman–Crippen LogP) is 0.673. The molecule has 0 bridgehead atoms. The highest BCUT2D eigenvalue weighted by atomic mass is 16.6. The van der Waals surface area contributed by atoms with Crippen molar-refractivity contribution < 1.29 is 14.5 Å². The van der Waals surface area contributed by atoms with Crippen LogP contribution in [0.15, 0.2) is 18.2 Å². The van der Waals surface area contributed by atoms with Crippen LogP contribution < -0.4 is 10.6 Å². The lowest BCUT2D eigenvalue weighted by atomic mass is 10.1. The minimum Gasteiger partial charge on any atom is -0.377 e. The zero-order valence-corrected chi connectivity index (χ0v) is 14.7. The van der Waals surface area contributed by atoms with Gasteiger partial charge in [-0.05, 0) is 25.0 Å². The largest absolute Gasteiger partial charge is 0.377 e. The Bertz CT molecular complexity index is 711. The fourth-order valence-electron chi connectivity index (χ4n) is 2.96. The van der Waals surface area contributed by atoms with E-state index >= 15 is 0 Å². The van der Waals surface area contributed by atoms with E-state index in [0.717, 1.165) is 12.8 Å². The number of benzene rings is 1.